The first-order valence-electron chi connectivity index (χ1n) is 5.10. The molecule has 0 saturated carbocycles. The molecule has 0 spiro atoms. The molecule has 2 heteroatoms. The first kappa shape index (κ1) is 10.4. The molecule has 0 aliphatic heterocycles. The summed E-state index contributed by atoms with van der Waals surface area (Å²) in [5.41, 5.74) is 1.64. The third-order valence-corrected chi connectivity index (χ3v) is 2.21. The van der Waals surface area contributed by atoms with Crippen molar-refractivity contribution in [3.8, 4) is 0 Å². The topological polar surface area (TPSA) is 29.1 Å². The van der Waals surface area contributed by atoms with E-state index < -0.39 is 0 Å². The quantitative estimate of drug-likeness (QED) is 0.829. The van der Waals surface area contributed by atoms with E-state index in [0.29, 0.717) is 5.56 Å². The van der Waals surface area contributed by atoms with Crippen LogP contribution in [0.3, 0.4) is 0 Å². The van der Waals surface area contributed by atoms with Gasteiger partial charge < -0.3 is 5.32 Å². The first-order valence-corrected chi connectivity index (χ1v) is 5.10. The Kier molecular flexibility index (Phi) is 3.34. The van der Waals surface area contributed by atoms with Crippen molar-refractivity contribution in [3.05, 3.63) is 78.3 Å². The molecule has 0 heterocycles. The highest BCUT2D eigenvalue weighted by Gasteiger charge is 2.03. The van der Waals surface area contributed by atoms with Crippen LogP contribution >= 0.6 is 0 Å². The maximum atomic E-state index is 11.7. The molecule has 79 valence electrons. The van der Waals surface area contributed by atoms with Gasteiger partial charge in [0, 0.05) is 5.56 Å². The van der Waals surface area contributed by atoms with Crippen molar-refractivity contribution in [2.24, 2.45) is 0 Å². The lowest BCUT2D eigenvalue weighted by atomic mass is 10.2. The van der Waals surface area contributed by atoms with E-state index in [9.17, 15) is 4.79 Å². The summed E-state index contributed by atoms with van der Waals surface area (Å²) < 4.78 is 0. The Hall–Kier alpha value is -2.09. The molecule has 1 radical (unpaired) electrons. The molecular formula is C14H12NO. The molecule has 0 saturated heterocycles. The Morgan fingerprint density at radius 3 is 2.06 bits per heavy atom. The van der Waals surface area contributed by atoms with Crippen LogP contribution in [0.25, 0.3) is 0 Å². The van der Waals surface area contributed by atoms with Crippen LogP contribution in [0.5, 0.6) is 0 Å². The number of carbonyl (C=O) groups excluding carboxylic acids is 1. The number of benzene rings is 2. The van der Waals surface area contributed by atoms with Crippen LogP contribution in [-0.4, -0.2) is 5.91 Å². The minimum absolute atomic E-state index is 0.0931. The van der Waals surface area contributed by atoms with Crippen LogP contribution in [0.1, 0.15) is 15.9 Å². The summed E-state index contributed by atoms with van der Waals surface area (Å²) in [6.45, 7) is 1.70. The minimum Gasteiger partial charge on any atom is -0.343 e. The molecular weight excluding hydrogens is 198 g/mol. The van der Waals surface area contributed by atoms with Crippen LogP contribution in [0.4, 0.5) is 0 Å². The molecule has 0 fully saturated rings. The standard InChI is InChI=1S/C14H12NO/c16-14(13-9-5-2-6-10-13)15-11-12-7-3-1-4-8-12/h1-11H,(H,15,16). The van der Waals surface area contributed by atoms with Crippen molar-refractivity contribution >= 4 is 5.91 Å². The second-order valence-corrected chi connectivity index (χ2v) is 3.39. The lowest BCUT2D eigenvalue weighted by Crippen LogP contribution is -2.20. The van der Waals surface area contributed by atoms with E-state index in [0.717, 1.165) is 5.56 Å². The summed E-state index contributed by atoms with van der Waals surface area (Å²) in [7, 11) is 0. The third-order valence-electron chi connectivity index (χ3n) is 2.21. The lowest BCUT2D eigenvalue weighted by molar-refractivity contribution is 0.0965. The minimum atomic E-state index is -0.0931. The number of amides is 1. The van der Waals surface area contributed by atoms with E-state index in [1.54, 1.807) is 18.7 Å². The molecule has 0 aliphatic rings. The molecule has 0 aromatic heterocycles. The Morgan fingerprint density at radius 2 is 1.44 bits per heavy atom. The van der Waals surface area contributed by atoms with Gasteiger partial charge in [0.1, 0.15) is 0 Å². The highest BCUT2D eigenvalue weighted by molar-refractivity contribution is 5.94. The molecule has 2 rings (SSSR count). The van der Waals surface area contributed by atoms with E-state index in [4.69, 9.17) is 0 Å². The molecule has 1 amide bonds. The van der Waals surface area contributed by atoms with Crippen molar-refractivity contribution in [1.29, 1.82) is 0 Å². The van der Waals surface area contributed by atoms with E-state index >= 15 is 0 Å². The van der Waals surface area contributed by atoms with Gasteiger partial charge in [0.25, 0.3) is 5.91 Å². The van der Waals surface area contributed by atoms with Crippen molar-refractivity contribution in [2.75, 3.05) is 0 Å². The normalized spacial score (nSPS) is 9.75. The summed E-state index contributed by atoms with van der Waals surface area (Å²) in [6.07, 6.45) is 0. The van der Waals surface area contributed by atoms with Gasteiger partial charge in [0.2, 0.25) is 0 Å². The number of carbonyl (C=O) groups is 1. The number of hydrogen-bond acceptors (Lipinski definition) is 1. The maximum absolute atomic E-state index is 11.7. The van der Waals surface area contributed by atoms with Crippen molar-refractivity contribution in [1.82, 2.24) is 5.32 Å². The summed E-state index contributed by atoms with van der Waals surface area (Å²) in [4.78, 5) is 11.7. The molecule has 2 nitrogen and oxygen atoms in total. The van der Waals surface area contributed by atoms with Gasteiger partial charge in [0.15, 0.2) is 0 Å². The summed E-state index contributed by atoms with van der Waals surface area (Å²) in [6, 6.07) is 18.8. The van der Waals surface area contributed by atoms with E-state index in [2.05, 4.69) is 5.32 Å². The van der Waals surface area contributed by atoms with Gasteiger partial charge in [-0.05, 0) is 17.7 Å². The molecule has 2 aromatic carbocycles. The van der Waals surface area contributed by atoms with Crippen LogP contribution in [-0.2, 0) is 0 Å². The molecule has 0 atom stereocenters. The number of rotatable bonds is 3. The van der Waals surface area contributed by atoms with Crippen molar-refractivity contribution in [3.63, 3.8) is 0 Å². The highest BCUT2D eigenvalue weighted by atomic mass is 16.1. The van der Waals surface area contributed by atoms with E-state index in [-0.39, 0.29) is 5.91 Å². The third kappa shape index (κ3) is 2.70. The zero-order chi connectivity index (χ0) is 11.2. The fraction of sp³-hybridized carbons (Fsp3) is 0. The van der Waals surface area contributed by atoms with E-state index in [1.165, 1.54) is 0 Å². The predicted molar refractivity (Wildman–Crippen MR) is 63.8 cm³/mol. The molecule has 2 aromatic rings. The van der Waals surface area contributed by atoms with Gasteiger partial charge >= 0.3 is 0 Å². The zero-order valence-electron chi connectivity index (χ0n) is 8.76. The van der Waals surface area contributed by atoms with Gasteiger partial charge in [-0.1, -0.05) is 48.5 Å². The van der Waals surface area contributed by atoms with Gasteiger partial charge in [0.05, 0.1) is 6.54 Å². The second kappa shape index (κ2) is 5.12. The largest absolute Gasteiger partial charge is 0.343 e. The number of hydrogen-bond donors (Lipinski definition) is 1. The summed E-state index contributed by atoms with van der Waals surface area (Å²) in [5.74, 6) is -0.0931. The Morgan fingerprint density at radius 1 is 0.875 bits per heavy atom. The van der Waals surface area contributed by atoms with Crippen LogP contribution in [0, 0.1) is 6.54 Å². The molecule has 0 bridgehead atoms. The van der Waals surface area contributed by atoms with Crippen LogP contribution in [0.15, 0.2) is 60.7 Å². The second-order valence-electron chi connectivity index (χ2n) is 3.39. The summed E-state index contributed by atoms with van der Waals surface area (Å²) >= 11 is 0. The zero-order valence-corrected chi connectivity index (χ0v) is 8.76. The van der Waals surface area contributed by atoms with Crippen LogP contribution < -0.4 is 5.32 Å². The Bertz CT molecular complexity index is 451. The van der Waals surface area contributed by atoms with Gasteiger partial charge in [-0.25, -0.2) is 0 Å². The monoisotopic (exact) mass is 210 g/mol. The SMILES string of the molecule is O=C(N[CH]c1ccccc1)c1ccccc1. The molecule has 0 unspecified atom stereocenters. The molecule has 1 N–H and O–H groups in total. The van der Waals surface area contributed by atoms with Crippen molar-refractivity contribution in [2.45, 2.75) is 0 Å². The smallest absolute Gasteiger partial charge is 0.251 e. The average Bonchev–Trinajstić information content (AvgIpc) is 2.38. The van der Waals surface area contributed by atoms with Gasteiger partial charge in [-0.2, -0.15) is 0 Å². The fourth-order valence-corrected chi connectivity index (χ4v) is 1.37. The lowest BCUT2D eigenvalue weighted by Gasteiger charge is -2.04. The Labute approximate surface area is 94.9 Å². The predicted octanol–water partition coefficient (Wildman–Crippen LogP) is 2.63. The van der Waals surface area contributed by atoms with E-state index in [1.807, 2.05) is 48.5 Å². The van der Waals surface area contributed by atoms with Gasteiger partial charge in [-0.15, -0.1) is 0 Å². The number of nitrogens with one attached hydrogen (secondary N) is 1. The first-order chi connectivity index (χ1) is 7.86. The Balaban J connectivity index is 1.95. The fourth-order valence-electron chi connectivity index (χ4n) is 1.37. The highest BCUT2D eigenvalue weighted by Crippen LogP contribution is 2.02. The summed E-state index contributed by atoms with van der Waals surface area (Å²) in [5, 5.41) is 2.75. The van der Waals surface area contributed by atoms with Crippen LogP contribution in [0.2, 0.25) is 0 Å². The van der Waals surface area contributed by atoms with Crippen molar-refractivity contribution < 1.29 is 4.79 Å². The average molecular weight is 210 g/mol. The molecule has 0 aliphatic carbocycles. The molecule has 16 heavy (non-hydrogen) atoms. The maximum Gasteiger partial charge on any atom is 0.251 e. The van der Waals surface area contributed by atoms with Gasteiger partial charge in [-0.3, -0.25) is 4.79 Å².